The van der Waals surface area contributed by atoms with Crippen LogP contribution in [0.1, 0.15) is 39.0 Å². The van der Waals surface area contributed by atoms with Crippen LogP contribution in [-0.2, 0) is 9.47 Å². The van der Waals surface area contributed by atoms with Crippen LogP contribution < -0.4 is 10.6 Å². The molecule has 0 bridgehead atoms. The fourth-order valence-corrected chi connectivity index (χ4v) is 2.83. The molecule has 1 fully saturated rings. The highest BCUT2D eigenvalue weighted by Gasteiger charge is 2.18. The molecule has 2 N–H and O–H groups in total. The van der Waals surface area contributed by atoms with Crippen molar-refractivity contribution in [2.45, 2.75) is 39.0 Å². The van der Waals surface area contributed by atoms with Gasteiger partial charge >= 0.3 is 0 Å². The topological polar surface area (TPSA) is 54.9 Å². The normalized spacial score (nSPS) is 22.0. The molecule has 0 spiro atoms. The molecule has 0 saturated heterocycles. The summed E-state index contributed by atoms with van der Waals surface area (Å²) in [6.07, 6.45) is 6.44. The van der Waals surface area contributed by atoms with E-state index >= 15 is 0 Å². The van der Waals surface area contributed by atoms with Crippen molar-refractivity contribution in [2.24, 2.45) is 16.8 Å². The highest BCUT2D eigenvalue weighted by Crippen LogP contribution is 2.27. The number of nitrogens with zero attached hydrogens (tertiary/aromatic N) is 1. The Balaban J connectivity index is 0.00000441. The van der Waals surface area contributed by atoms with E-state index in [1.54, 1.807) is 7.11 Å². The SMILES string of the molecule is CN=C(NCCCOCCOC)NCC1CCCC(C)C1.I. The van der Waals surface area contributed by atoms with E-state index in [0.717, 1.165) is 43.9 Å². The van der Waals surface area contributed by atoms with Crippen molar-refractivity contribution in [1.29, 1.82) is 0 Å². The molecule has 1 aliphatic rings. The molecule has 1 rings (SSSR count). The summed E-state index contributed by atoms with van der Waals surface area (Å²) in [6, 6.07) is 0. The number of rotatable bonds is 9. The van der Waals surface area contributed by atoms with Crippen LogP contribution in [-0.4, -0.2) is 53.0 Å². The maximum absolute atomic E-state index is 5.43. The quantitative estimate of drug-likeness (QED) is 0.257. The number of aliphatic imine (C=N–C) groups is 1. The summed E-state index contributed by atoms with van der Waals surface area (Å²) >= 11 is 0. The van der Waals surface area contributed by atoms with Crippen LogP contribution in [0.3, 0.4) is 0 Å². The highest BCUT2D eigenvalue weighted by molar-refractivity contribution is 14.0. The van der Waals surface area contributed by atoms with E-state index in [4.69, 9.17) is 9.47 Å². The Kier molecular flexibility index (Phi) is 14.5. The number of ether oxygens (including phenoxy) is 2. The lowest BCUT2D eigenvalue weighted by Crippen LogP contribution is -2.41. The fourth-order valence-electron chi connectivity index (χ4n) is 2.83. The molecule has 0 heterocycles. The Labute approximate surface area is 153 Å². The zero-order chi connectivity index (χ0) is 15.3. The monoisotopic (exact) mass is 427 g/mol. The van der Waals surface area contributed by atoms with Gasteiger partial charge in [0.05, 0.1) is 13.2 Å². The molecule has 0 aromatic rings. The third kappa shape index (κ3) is 10.6. The molecule has 0 aromatic carbocycles. The van der Waals surface area contributed by atoms with Gasteiger partial charge in [0.1, 0.15) is 0 Å². The Hall–Kier alpha value is -0.0800. The third-order valence-corrected chi connectivity index (χ3v) is 4.02. The Morgan fingerprint density at radius 3 is 2.68 bits per heavy atom. The largest absolute Gasteiger partial charge is 0.382 e. The predicted molar refractivity (Wildman–Crippen MR) is 103 cm³/mol. The van der Waals surface area contributed by atoms with E-state index < -0.39 is 0 Å². The van der Waals surface area contributed by atoms with Crippen LogP contribution in [0.2, 0.25) is 0 Å². The van der Waals surface area contributed by atoms with Gasteiger partial charge in [0, 0.05) is 33.9 Å². The van der Waals surface area contributed by atoms with E-state index in [9.17, 15) is 0 Å². The Bertz CT molecular complexity index is 291. The van der Waals surface area contributed by atoms with Crippen LogP contribution in [0.5, 0.6) is 0 Å². The smallest absolute Gasteiger partial charge is 0.190 e. The molecule has 1 saturated carbocycles. The Morgan fingerprint density at radius 1 is 1.18 bits per heavy atom. The molecule has 1 aliphatic carbocycles. The molecular weight excluding hydrogens is 393 g/mol. The van der Waals surface area contributed by atoms with Crippen LogP contribution in [0.4, 0.5) is 0 Å². The lowest BCUT2D eigenvalue weighted by Gasteiger charge is -2.27. The molecule has 2 atom stereocenters. The first-order valence-electron chi connectivity index (χ1n) is 8.27. The zero-order valence-electron chi connectivity index (χ0n) is 14.4. The van der Waals surface area contributed by atoms with Crippen molar-refractivity contribution >= 4 is 29.9 Å². The summed E-state index contributed by atoms with van der Waals surface area (Å²) in [4.78, 5) is 4.27. The van der Waals surface area contributed by atoms with Crippen molar-refractivity contribution in [1.82, 2.24) is 10.6 Å². The van der Waals surface area contributed by atoms with Crippen LogP contribution in [0, 0.1) is 11.8 Å². The van der Waals surface area contributed by atoms with Gasteiger partial charge in [-0.3, -0.25) is 4.99 Å². The standard InChI is InChI=1S/C16H33N3O2.HI/c1-14-6-4-7-15(12-14)13-19-16(17-2)18-8-5-9-21-11-10-20-3;/h14-15H,4-13H2,1-3H3,(H2,17,18,19);1H. The average molecular weight is 427 g/mol. The van der Waals surface area contributed by atoms with Gasteiger partial charge in [-0.05, 0) is 31.1 Å². The van der Waals surface area contributed by atoms with Crippen LogP contribution >= 0.6 is 24.0 Å². The maximum atomic E-state index is 5.43. The van der Waals surface area contributed by atoms with Gasteiger partial charge in [-0.15, -0.1) is 24.0 Å². The van der Waals surface area contributed by atoms with Gasteiger partial charge in [-0.25, -0.2) is 0 Å². The number of hydrogen-bond donors (Lipinski definition) is 2. The number of hydrogen-bond acceptors (Lipinski definition) is 3. The molecule has 22 heavy (non-hydrogen) atoms. The first kappa shape index (κ1) is 21.9. The van der Waals surface area contributed by atoms with Gasteiger partial charge < -0.3 is 20.1 Å². The molecule has 0 amide bonds. The van der Waals surface area contributed by atoms with Crippen molar-refractivity contribution in [3.05, 3.63) is 0 Å². The lowest BCUT2D eigenvalue weighted by molar-refractivity contribution is 0.0698. The molecule has 0 aliphatic heterocycles. The molecule has 132 valence electrons. The van der Waals surface area contributed by atoms with Gasteiger partial charge in [-0.1, -0.05) is 19.8 Å². The van der Waals surface area contributed by atoms with Crippen LogP contribution in [0.25, 0.3) is 0 Å². The molecule has 6 heteroatoms. The number of guanidine groups is 1. The van der Waals surface area contributed by atoms with Crippen molar-refractivity contribution < 1.29 is 9.47 Å². The number of methoxy groups -OCH3 is 1. The molecule has 2 unspecified atom stereocenters. The molecule has 5 nitrogen and oxygen atoms in total. The van der Waals surface area contributed by atoms with Gasteiger partial charge in [-0.2, -0.15) is 0 Å². The highest BCUT2D eigenvalue weighted by atomic mass is 127. The van der Waals surface area contributed by atoms with Crippen molar-refractivity contribution in [3.8, 4) is 0 Å². The van der Waals surface area contributed by atoms with E-state index in [-0.39, 0.29) is 24.0 Å². The lowest BCUT2D eigenvalue weighted by atomic mass is 9.82. The first-order chi connectivity index (χ1) is 10.3. The molecule has 0 radical (unpaired) electrons. The van der Waals surface area contributed by atoms with Gasteiger partial charge in [0.25, 0.3) is 0 Å². The minimum atomic E-state index is 0. The minimum Gasteiger partial charge on any atom is -0.382 e. The van der Waals surface area contributed by atoms with E-state index in [0.29, 0.717) is 13.2 Å². The number of halogens is 1. The Morgan fingerprint density at radius 2 is 2.00 bits per heavy atom. The average Bonchev–Trinajstić information content (AvgIpc) is 2.49. The van der Waals surface area contributed by atoms with Crippen LogP contribution in [0.15, 0.2) is 4.99 Å². The second-order valence-corrected chi connectivity index (χ2v) is 5.98. The number of nitrogens with one attached hydrogen (secondary N) is 2. The maximum Gasteiger partial charge on any atom is 0.190 e. The second-order valence-electron chi connectivity index (χ2n) is 5.98. The van der Waals surface area contributed by atoms with E-state index in [1.165, 1.54) is 25.7 Å². The third-order valence-electron chi connectivity index (χ3n) is 4.02. The second kappa shape index (κ2) is 14.5. The molecule has 0 aromatic heterocycles. The van der Waals surface area contributed by atoms with Gasteiger partial charge in [0.2, 0.25) is 0 Å². The minimum absolute atomic E-state index is 0. The summed E-state index contributed by atoms with van der Waals surface area (Å²) in [7, 11) is 3.52. The molecular formula is C16H34IN3O2. The summed E-state index contributed by atoms with van der Waals surface area (Å²) in [5.74, 6) is 2.58. The summed E-state index contributed by atoms with van der Waals surface area (Å²) < 4.78 is 10.4. The van der Waals surface area contributed by atoms with Gasteiger partial charge in [0.15, 0.2) is 5.96 Å². The zero-order valence-corrected chi connectivity index (χ0v) is 16.7. The summed E-state index contributed by atoms with van der Waals surface area (Å²) in [5.41, 5.74) is 0. The fraction of sp³-hybridized carbons (Fsp3) is 0.938. The van der Waals surface area contributed by atoms with Crippen molar-refractivity contribution in [2.75, 3.05) is 47.1 Å². The first-order valence-corrected chi connectivity index (χ1v) is 8.27. The summed E-state index contributed by atoms with van der Waals surface area (Å²) in [5, 5.41) is 6.79. The predicted octanol–water partition coefficient (Wildman–Crippen LogP) is 2.65. The summed E-state index contributed by atoms with van der Waals surface area (Å²) in [6.45, 7) is 6.37. The van der Waals surface area contributed by atoms with E-state index in [1.807, 2.05) is 7.05 Å². The van der Waals surface area contributed by atoms with E-state index in [2.05, 4.69) is 22.5 Å². The van der Waals surface area contributed by atoms with Crippen molar-refractivity contribution in [3.63, 3.8) is 0 Å².